The van der Waals surface area contributed by atoms with Gasteiger partial charge in [0.15, 0.2) is 0 Å². The van der Waals surface area contributed by atoms with Gasteiger partial charge in [0, 0.05) is 11.8 Å². The van der Waals surface area contributed by atoms with Crippen LogP contribution in [0.5, 0.6) is 0 Å². The number of hydrogen-bond acceptors (Lipinski definition) is 5. The molecule has 1 aliphatic heterocycles. The van der Waals surface area contributed by atoms with Crippen molar-refractivity contribution in [3.8, 4) is 18.2 Å². The summed E-state index contributed by atoms with van der Waals surface area (Å²) in [6.45, 7) is 4.74. The van der Waals surface area contributed by atoms with Gasteiger partial charge in [0.05, 0.1) is 49.5 Å². The average molecular weight is 350 g/mol. The quantitative estimate of drug-likeness (QED) is 0.814. The van der Waals surface area contributed by atoms with Crippen LogP contribution in [-0.2, 0) is 0 Å². The first-order valence-corrected chi connectivity index (χ1v) is 9.44. The number of hydrogen-bond donors (Lipinski definition) is 2. The summed E-state index contributed by atoms with van der Waals surface area (Å²) < 4.78 is 0. The zero-order valence-electron chi connectivity index (χ0n) is 14.1. The number of rotatable bonds is 3. The molecule has 5 nitrogen and oxygen atoms in total. The smallest absolute Gasteiger partial charge is 0.203 e. The van der Waals surface area contributed by atoms with Crippen molar-refractivity contribution in [1.82, 2.24) is 0 Å². The van der Waals surface area contributed by atoms with Crippen molar-refractivity contribution >= 4 is 17.0 Å². The van der Waals surface area contributed by atoms with Crippen molar-refractivity contribution in [1.29, 1.82) is 21.2 Å². The van der Waals surface area contributed by atoms with Crippen LogP contribution in [0, 0.1) is 56.7 Å². The second-order valence-corrected chi connectivity index (χ2v) is 7.53. The largest absolute Gasteiger partial charge is 0.331 e. The van der Waals surface area contributed by atoms with Crippen LogP contribution in [0.15, 0.2) is 28.5 Å². The second-order valence-electron chi connectivity index (χ2n) is 6.75. The normalized spacial score (nSPS) is 30.3. The molecule has 1 aromatic rings. The summed E-state index contributed by atoms with van der Waals surface area (Å²) in [5.41, 5.74) is 0.136. The Morgan fingerprint density at radius 1 is 1.36 bits per heavy atom. The molecule has 126 valence electrons. The Morgan fingerprint density at radius 2 is 2.12 bits per heavy atom. The molecule has 1 aromatic heterocycles. The molecule has 1 aliphatic carbocycles. The number of thiophene rings is 1. The van der Waals surface area contributed by atoms with E-state index < -0.39 is 11.3 Å². The molecular weight excluding hydrogens is 330 g/mol. The summed E-state index contributed by atoms with van der Waals surface area (Å²) in [6.07, 6.45) is 3.06. The van der Waals surface area contributed by atoms with Gasteiger partial charge in [-0.05, 0) is 40.5 Å². The summed E-state index contributed by atoms with van der Waals surface area (Å²) in [6, 6.07) is 8.40. The van der Waals surface area contributed by atoms with Crippen LogP contribution in [0.1, 0.15) is 24.8 Å². The minimum atomic E-state index is -1.59. The average Bonchev–Trinajstić information content (AvgIpc) is 3.16. The maximum absolute atomic E-state index is 9.78. The van der Waals surface area contributed by atoms with Crippen LogP contribution >= 0.6 is 11.3 Å². The highest BCUT2D eigenvalue weighted by Gasteiger charge is 2.57. The predicted molar refractivity (Wildman–Crippen MR) is 95.0 cm³/mol. The van der Waals surface area contributed by atoms with Gasteiger partial charge in [0.25, 0.3) is 0 Å². The van der Waals surface area contributed by atoms with E-state index >= 15 is 0 Å². The molecule has 1 fully saturated rings. The highest BCUT2D eigenvalue weighted by molar-refractivity contribution is 7.08. The van der Waals surface area contributed by atoms with Crippen LogP contribution in [0.4, 0.5) is 0 Å². The summed E-state index contributed by atoms with van der Waals surface area (Å²) in [5.74, 6) is -0.947. The lowest BCUT2D eigenvalue weighted by atomic mass is 9.55. The highest BCUT2D eigenvalue weighted by atomic mass is 32.1. The lowest BCUT2D eigenvalue weighted by Crippen LogP contribution is -3.13. The summed E-state index contributed by atoms with van der Waals surface area (Å²) in [7, 11) is 0. The molecule has 2 N–H and O–H groups in total. The maximum Gasteiger partial charge on any atom is 0.203 e. The Kier molecular flexibility index (Phi) is 4.73. The fraction of sp³-hybridized carbons (Fsp3) is 0.474. The Labute approximate surface area is 151 Å². The molecule has 4 atom stereocenters. The summed E-state index contributed by atoms with van der Waals surface area (Å²) in [5, 5.41) is 41.9. The molecule has 1 unspecified atom stereocenters. The zero-order valence-corrected chi connectivity index (χ0v) is 14.9. The van der Waals surface area contributed by atoms with Gasteiger partial charge in [-0.25, -0.2) is 0 Å². The van der Waals surface area contributed by atoms with Crippen molar-refractivity contribution in [3.05, 3.63) is 34.0 Å². The molecule has 2 aliphatic rings. The van der Waals surface area contributed by atoms with Gasteiger partial charge in [-0.2, -0.15) is 27.1 Å². The van der Waals surface area contributed by atoms with Crippen LogP contribution < -0.4 is 4.90 Å². The van der Waals surface area contributed by atoms with Gasteiger partial charge in [0.2, 0.25) is 5.41 Å². The predicted octanol–water partition coefficient (Wildman–Crippen LogP) is 1.89. The van der Waals surface area contributed by atoms with Crippen LogP contribution in [0.25, 0.3) is 0 Å². The SMILES string of the molecule is CCC[NH+]1CC=C2[C@@H](C1)[C@H](c1ccsc1)[C@@H](C#N)C(=N)C2(C#N)C#N. The molecular formula is C19H20N5S+. The highest BCUT2D eigenvalue weighted by Crippen LogP contribution is 2.51. The molecule has 6 heteroatoms. The van der Waals surface area contributed by atoms with Gasteiger partial charge in [-0.3, -0.25) is 0 Å². The molecule has 0 bridgehead atoms. The number of fused-ring (bicyclic) bond motifs is 1. The van der Waals surface area contributed by atoms with E-state index in [0.29, 0.717) is 0 Å². The number of nitrogens with zero attached hydrogens (tertiary/aromatic N) is 3. The molecule has 0 aromatic carbocycles. The van der Waals surface area contributed by atoms with Gasteiger partial charge in [-0.1, -0.05) is 6.92 Å². The second kappa shape index (κ2) is 6.81. The lowest BCUT2D eigenvalue weighted by molar-refractivity contribution is -0.899. The topological polar surface area (TPSA) is 99.7 Å². The summed E-state index contributed by atoms with van der Waals surface area (Å²) >= 11 is 1.57. The van der Waals surface area contributed by atoms with E-state index in [1.165, 1.54) is 4.90 Å². The first kappa shape index (κ1) is 17.4. The van der Waals surface area contributed by atoms with Crippen LogP contribution in [0.2, 0.25) is 0 Å². The van der Waals surface area contributed by atoms with E-state index in [9.17, 15) is 15.8 Å². The Hall–Kier alpha value is -2.46. The minimum Gasteiger partial charge on any atom is -0.331 e. The molecule has 0 saturated heterocycles. The molecule has 0 amide bonds. The number of nitrogens with one attached hydrogen (secondary N) is 2. The fourth-order valence-electron chi connectivity index (χ4n) is 4.33. The van der Waals surface area contributed by atoms with E-state index in [0.717, 1.165) is 37.2 Å². The third kappa shape index (κ3) is 2.57. The van der Waals surface area contributed by atoms with Crippen molar-refractivity contribution in [2.45, 2.75) is 19.3 Å². The monoisotopic (exact) mass is 350 g/mol. The maximum atomic E-state index is 9.78. The summed E-state index contributed by atoms with van der Waals surface area (Å²) in [4.78, 5) is 1.41. The van der Waals surface area contributed by atoms with E-state index in [2.05, 4.69) is 25.1 Å². The Morgan fingerprint density at radius 3 is 2.68 bits per heavy atom. The minimum absolute atomic E-state index is 0.0528. The van der Waals surface area contributed by atoms with Crippen molar-refractivity contribution in [2.24, 2.45) is 17.3 Å². The van der Waals surface area contributed by atoms with Crippen LogP contribution in [-0.4, -0.2) is 25.3 Å². The fourth-order valence-corrected chi connectivity index (χ4v) is 5.04. The third-order valence-corrected chi connectivity index (χ3v) is 6.17. The third-order valence-electron chi connectivity index (χ3n) is 5.47. The molecule has 2 heterocycles. The van der Waals surface area contributed by atoms with Gasteiger partial charge >= 0.3 is 0 Å². The molecule has 3 rings (SSSR count). The Bertz CT molecular complexity index is 803. The molecule has 1 saturated carbocycles. The number of quaternary nitrogens is 1. The van der Waals surface area contributed by atoms with Gasteiger partial charge < -0.3 is 10.3 Å². The first-order valence-electron chi connectivity index (χ1n) is 8.50. The number of nitriles is 3. The zero-order chi connectivity index (χ0) is 18.0. The van der Waals surface area contributed by atoms with Crippen LogP contribution in [0.3, 0.4) is 0 Å². The van der Waals surface area contributed by atoms with Gasteiger partial charge in [-0.15, -0.1) is 0 Å². The molecule has 0 radical (unpaired) electrons. The van der Waals surface area contributed by atoms with Crippen molar-refractivity contribution in [3.63, 3.8) is 0 Å². The standard InChI is InChI=1S/C19H19N5S/c1-2-5-24-6-3-16-15(9-24)17(13-4-7-25-10-13)14(8-20)18(23)19(16,11-21)12-22/h3-4,7,10,14-15,17,23H,2,5-6,9H2,1H3/p+1/t14-,15-,17-/m1/s1. The van der Waals surface area contributed by atoms with Crippen molar-refractivity contribution in [2.75, 3.05) is 19.6 Å². The van der Waals surface area contributed by atoms with E-state index in [-0.39, 0.29) is 17.5 Å². The van der Waals surface area contributed by atoms with Gasteiger partial charge in [0.1, 0.15) is 0 Å². The van der Waals surface area contributed by atoms with E-state index in [1.807, 2.05) is 22.9 Å². The lowest BCUT2D eigenvalue weighted by Gasteiger charge is -2.45. The molecule has 0 spiro atoms. The Balaban J connectivity index is 2.16. The van der Waals surface area contributed by atoms with Crippen molar-refractivity contribution < 1.29 is 4.90 Å². The van der Waals surface area contributed by atoms with E-state index in [1.54, 1.807) is 11.3 Å². The van der Waals surface area contributed by atoms with E-state index in [4.69, 9.17) is 5.41 Å². The first-order chi connectivity index (χ1) is 12.1. The molecule has 25 heavy (non-hydrogen) atoms.